The van der Waals surface area contributed by atoms with Crippen LogP contribution in [0, 0.1) is 0 Å². The van der Waals surface area contributed by atoms with Crippen LogP contribution in [0.25, 0.3) is 0 Å². The van der Waals surface area contributed by atoms with Crippen LogP contribution >= 0.6 is 24.2 Å². The van der Waals surface area contributed by atoms with Gasteiger partial charge in [0.2, 0.25) is 0 Å². The Morgan fingerprint density at radius 2 is 2.38 bits per heavy atom. The Morgan fingerprint density at radius 3 is 2.94 bits per heavy atom. The van der Waals surface area contributed by atoms with Gasteiger partial charge in [0.05, 0.1) is 18.2 Å². The minimum absolute atomic E-state index is 0.210. The van der Waals surface area contributed by atoms with Crippen molar-refractivity contribution in [2.75, 3.05) is 17.6 Å². The molecule has 0 spiro atoms. The number of halogens is 1. The number of nitrogens with one attached hydrogen (secondary N) is 2. The molecule has 0 fully saturated rings. The highest BCUT2D eigenvalue weighted by atomic mass is 35.5. The first-order valence-corrected chi connectivity index (χ1v) is 5.85. The SMILES string of the molecule is CC.O=c1ncc(NC=NCCS)c(Cl)[nH]1. The second-order valence-electron chi connectivity index (χ2n) is 2.32. The Balaban J connectivity index is 0.00000106. The Kier molecular flexibility index (Phi) is 8.65. The van der Waals surface area contributed by atoms with Crippen molar-refractivity contribution < 1.29 is 0 Å². The zero-order valence-corrected chi connectivity index (χ0v) is 10.8. The number of thiol groups is 1. The monoisotopic (exact) mass is 262 g/mol. The normalized spacial score (nSPS) is 9.75. The maximum absolute atomic E-state index is 10.7. The number of aromatic amines is 1. The van der Waals surface area contributed by atoms with Crippen LogP contribution in [0.5, 0.6) is 0 Å². The number of nitrogens with zero attached hydrogens (tertiary/aromatic N) is 2. The van der Waals surface area contributed by atoms with Gasteiger partial charge in [0.25, 0.3) is 0 Å². The van der Waals surface area contributed by atoms with Crippen molar-refractivity contribution >= 4 is 36.3 Å². The van der Waals surface area contributed by atoms with E-state index >= 15 is 0 Å². The van der Waals surface area contributed by atoms with Crippen LogP contribution in [0.15, 0.2) is 16.0 Å². The molecule has 16 heavy (non-hydrogen) atoms. The molecule has 0 aliphatic rings. The summed E-state index contributed by atoms with van der Waals surface area (Å²) in [5.74, 6) is 0.676. The van der Waals surface area contributed by atoms with E-state index in [9.17, 15) is 4.79 Å². The second kappa shape index (κ2) is 9.23. The first-order valence-electron chi connectivity index (χ1n) is 4.84. The van der Waals surface area contributed by atoms with Gasteiger partial charge in [-0.25, -0.2) is 4.79 Å². The highest BCUT2D eigenvalue weighted by Gasteiger charge is 1.98. The fourth-order valence-corrected chi connectivity index (χ4v) is 1.01. The molecule has 7 heteroatoms. The van der Waals surface area contributed by atoms with Crippen LogP contribution in [0.3, 0.4) is 0 Å². The molecule has 2 N–H and O–H groups in total. The van der Waals surface area contributed by atoms with Gasteiger partial charge in [0.1, 0.15) is 5.15 Å². The van der Waals surface area contributed by atoms with Gasteiger partial charge in [-0.3, -0.25) is 9.98 Å². The predicted octanol–water partition coefficient (Wildman–Crippen LogP) is 1.82. The molecule has 0 saturated carbocycles. The largest absolute Gasteiger partial charge is 0.346 e. The van der Waals surface area contributed by atoms with Crippen molar-refractivity contribution in [1.82, 2.24) is 9.97 Å². The summed E-state index contributed by atoms with van der Waals surface area (Å²) in [5.41, 5.74) is 0.0297. The molecule has 0 radical (unpaired) electrons. The van der Waals surface area contributed by atoms with Gasteiger partial charge in [-0.15, -0.1) is 0 Å². The van der Waals surface area contributed by atoms with Crippen molar-refractivity contribution in [3.63, 3.8) is 0 Å². The van der Waals surface area contributed by atoms with Crippen LogP contribution in [-0.2, 0) is 0 Å². The fraction of sp³-hybridized carbons (Fsp3) is 0.444. The molecular weight excluding hydrogens is 248 g/mol. The first-order chi connectivity index (χ1) is 7.74. The van der Waals surface area contributed by atoms with Crippen molar-refractivity contribution in [2.45, 2.75) is 13.8 Å². The molecule has 0 atom stereocenters. The maximum atomic E-state index is 10.7. The van der Waals surface area contributed by atoms with Gasteiger partial charge in [-0.05, 0) is 0 Å². The van der Waals surface area contributed by atoms with E-state index in [0.29, 0.717) is 18.0 Å². The van der Waals surface area contributed by atoms with E-state index in [1.165, 1.54) is 12.5 Å². The van der Waals surface area contributed by atoms with E-state index < -0.39 is 5.69 Å². The lowest BCUT2D eigenvalue weighted by Crippen LogP contribution is -2.11. The number of aliphatic imine (C=N–C) groups is 1. The number of hydrogen-bond donors (Lipinski definition) is 3. The molecule has 0 saturated heterocycles. The summed E-state index contributed by atoms with van der Waals surface area (Å²) in [5, 5.41) is 3.00. The Hall–Kier alpha value is -1.01. The number of hydrogen-bond acceptors (Lipinski definition) is 4. The average molecular weight is 263 g/mol. The molecule has 1 aromatic heterocycles. The third kappa shape index (κ3) is 5.77. The summed E-state index contributed by atoms with van der Waals surface area (Å²) in [4.78, 5) is 20.5. The highest BCUT2D eigenvalue weighted by Crippen LogP contribution is 2.13. The summed E-state index contributed by atoms with van der Waals surface area (Å²) in [6.45, 7) is 4.62. The lowest BCUT2D eigenvalue weighted by atomic mass is 10.5. The highest BCUT2D eigenvalue weighted by molar-refractivity contribution is 7.80. The van der Waals surface area contributed by atoms with Crippen LogP contribution in [0.2, 0.25) is 5.15 Å². The minimum Gasteiger partial charge on any atom is -0.343 e. The number of rotatable bonds is 4. The Bertz CT molecular complexity index is 380. The second-order valence-corrected chi connectivity index (χ2v) is 3.14. The third-order valence-corrected chi connectivity index (χ3v) is 1.80. The smallest absolute Gasteiger partial charge is 0.343 e. The van der Waals surface area contributed by atoms with E-state index in [2.05, 4.69) is 32.9 Å². The zero-order chi connectivity index (χ0) is 12.4. The van der Waals surface area contributed by atoms with Gasteiger partial charge in [0, 0.05) is 12.3 Å². The standard InChI is InChI=1S/C7H9ClN4OS.C2H6/c8-6-5(3-10-7(13)12-6)11-4-9-1-2-14;1-2/h3-4,14H,1-2H2,(H,9,11)(H,10,12,13);1-2H3. The van der Waals surface area contributed by atoms with E-state index in [1.54, 1.807) is 0 Å². The van der Waals surface area contributed by atoms with Crippen molar-refractivity contribution in [1.29, 1.82) is 0 Å². The van der Waals surface area contributed by atoms with E-state index in [-0.39, 0.29) is 5.15 Å². The van der Waals surface area contributed by atoms with E-state index in [1.807, 2.05) is 13.8 Å². The molecule has 1 rings (SSSR count). The summed E-state index contributed by atoms with van der Waals surface area (Å²) in [7, 11) is 0. The molecule has 0 amide bonds. The topological polar surface area (TPSA) is 70.1 Å². The summed E-state index contributed by atoms with van der Waals surface area (Å²) in [6.07, 6.45) is 2.82. The lowest BCUT2D eigenvalue weighted by Gasteiger charge is -2.00. The molecule has 1 heterocycles. The van der Waals surface area contributed by atoms with E-state index in [4.69, 9.17) is 11.6 Å². The molecule has 90 valence electrons. The summed E-state index contributed by atoms with van der Waals surface area (Å²) in [6, 6.07) is 0. The van der Waals surface area contributed by atoms with Crippen LogP contribution in [-0.4, -0.2) is 28.6 Å². The molecule has 0 bridgehead atoms. The molecule has 0 aliphatic heterocycles. The zero-order valence-electron chi connectivity index (χ0n) is 9.20. The van der Waals surface area contributed by atoms with Crippen LogP contribution < -0.4 is 11.0 Å². The molecule has 0 aliphatic carbocycles. The number of aromatic nitrogens is 2. The Morgan fingerprint density at radius 1 is 1.69 bits per heavy atom. The van der Waals surface area contributed by atoms with Gasteiger partial charge in [-0.1, -0.05) is 25.4 Å². The summed E-state index contributed by atoms with van der Waals surface area (Å²) >= 11 is 9.69. The fourth-order valence-electron chi connectivity index (χ4n) is 0.711. The van der Waals surface area contributed by atoms with Crippen molar-refractivity contribution in [2.24, 2.45) is 4.99 Å². The maximum Gasteiger partial charge on any atom is 0.346 e. The van der Waals surface area contributed by atoms with Gasteiger partial charge >= 0.3 is 5.69 Å². The van der Waals surface area contributed by atoms with E-state index in [0.717, 1.165) is 0 Å². The molecule has 5 nitrogen and oxygen atoms in total. The molecule has 1 aromatic rings. The molecule has 0 aromatic carbocycles. The Labute approximate surface area is 105 Å². The van der Waals surface area contributed by atoms with Crippen LogP contribution in [0.4, 0.5) is 5.69 Å². The predicted molar refractivity (Wildman–Crippen MR) is 72.1 cm³/mol. The van der Waals surface area contributed by atoms with Gasteiger partial charge in [-0.2, -0.15) is 17.6 Å². The number of anilines is 1. The van der Waals surface area contributed by atoms with Gasteiger partial charge in [0.15, 0.2) is 0 Å². The third-order valence-electron chi connectivity index (χ3n) is 1.30. The van der Waals surface area contributed by atoms with Crippen molar-refractivity contribution in [3.8, 4) is 0 Å². The summed E-state index contributed by atoms with van der Waals surface area (Å²) < 4.78 is 0. The van der Waals surface area contributed by atoms with Crippen molar-refractivity contribution in [3.05, 3.63) is 21.8 Å². The van der Waals surface area contributed by atoms with Crippen LogP contribution in [0.1, 0.15) is 13.8 Å². The average Bonchev–Trinajstić information content (AvgIpc) is 2.29. The lowest BCUT2D eigenvalue weighted by molar-refractivity contribution is 1.08. The first kappa shape index (κ1) is 15.0. The van der Waals surface area contributed by atoms with Gasteiger partial charge < -0.3 is 5.32 Å². The quantitative estimate of drug-likeness (QED) is 0.336. The molecular formula is C9H15ClN4OS. The minimum atomic E-state index is -0.479. The number of H-pyrrole nitrogens is 1. The molecule has 0 unspecified atom stereocenters.